The normalized spacial score (nSPS) is 17.6. The molecule has 0 saturated carbocycles. The van der Waals surface area contributed by atoms with Crippen LogP contribution in [0.2, 0.25) is 0 Å². The molecule has 0 aliphatic carbocycles. The number of hydrogen-bond donors (Lipinski definition) is 1. The fourth-order valence-electron chi connectivity index (χ4n) is 3.41. The van der Waals surface area contributed by atoms with E-state index in [9.17, 15) is 23.1 Å². The second kappa shape index (κ2) is 8.65. The average molecular weight is 417 g/mol. The molecule has 1 saturated heterocycles. The van der Waals surface area contributed by atoms with E-state index >= 15 is 0 Å². The van der Waals surface area contributed by atoms with Crippen molar-refractivity contribution in [3.8, 4) is 16.9 Å². The van der Waals surface area contributed by atoms with Crippen molar-refractivity contribution in [1.82, 2.24) is 4.90 Å². The molecule has 8 heteroatoms. The topological polar surface area (TPSA) is 101 Å². The van der Waals surface area contributed by atoms with E-state index in [1.54, 1.807) is 55.5 Å². The Hall–Kier alpha value is -2.87. The van der Waals surface area contributed by atoms with E-state index in [2.05, 4.69) is 0 Å². The lowest BCUT2D eigenvalue weighted by Gasteiger charge is -2.26. The van der Waals surface area contributed by atoms with Gasteiger partial charge in [-0.1, -0.05) is 24.3 Å². The van der Waals surface area contributed by atoms with Crippen LogP contribution < -0.4 is 0 Å². The number of likely N-dealkylation sites (N-methyl/N-ethyl adjacent to an activating group) is 1. The van der Waals surface area contributed by atoms with Gasteiger partial charge in [0.25, 0.3) is 5.91 Å². The molecule has 154 valence electrons. The minimum Gasteiger partial charge on any atom is -0.508 e. The van der Waals surface area contributed by atoms with Gasteiger partial charge in [0.1, 0.15) is 5.75 Å². The summed E-state index contributed by atoms with van der Waals surface area (Å²) in [6.45, 7) is 1.70. The number of ether oxygens (including phenoxy) is 1. The molecule has 1 heterocycles. The number of hydrogen-bond acceptors (Lipinski definition) is 6. The molecule has 1 aliphatic rings. The Morgan fingerprint density at radius 1 is 1.07 bits per heavy atom. The van der Waals surface area contributed by atoms with E-state index in [0.717, 1.165) is 11.1 Å². The Kier molecular flexibility index (Phi) is 6.22. The van der Waals surface area contributed by atoms with Gasteiger partial charge < -0.3 is 14.7 Å². The molecule has 1 amide bonds. The first-order chi connectivity index (χ1) is 13.8. The van der Waals surface area contributed by atoms with Gasteiger partial charge in [-0.2, -0.15) is 0 Å². The number of benzene rings is 2. The van der Waals surface area contributed by atoms with Gasteiger partial charge in [0, 0.05) is 12.6 Å². The zero-order chi connectivity index (χ0) is 21.0. The maximum atomic E-state index is 12.4. The number of sulfone groups is 1. The molecule has 29 heavy (non-hydrogen) atoms. The molecular weight excluding hydrogens is 394 g/mol. The fraction of sp³-hybridized carbons (Fsp3) is 0.333. The minimum absolute atomic E-state index is 0.0424. The molecule has 1 aliphatic heterocycles. The Morgan fingerprint density at radius 3 is 2.17 bits per heavy atom. The SMILES string of the molecule is CCN(C(=O)COC(=O)c1ccc(-c2ccc(O)cc2)cc1)[C@H]1CCS(=O)(=O)C1. The molecule has 7 nitrogen and oxygen atoms in total. The van der Waals surface area contributed by atoms with Crippen LogP contribution in [0.4, 0.5) is 0 Å². The third-order valence-corrected chi connectivity index (χ3v) is 6.71. The average Bonchev–Trinajstić information content (AvgIpc) is 3.06. The molecule has 0 bridgehead atoms. The van der Waals surface area contributed by atoms with Crippen LogP contribution in [-0.4, -0.2) is 61.0 Å². The maximum absolute atomic E-state index is 12.4. The highest BCUT2D eigenvalue weighted by Gasteiger charge is 2.34. The van der Waals surface area contributed by atoms with Crippen molar-refractivity contribution in [1.29, 1.82) is 0 Å². The minimum atomic E-state index is -3.10. The van der Waals surface area contributed by atoms with Gasteiger partial charge in [-0.05, 0) is 48.7 Å². The van der Waals surface area contributed by atoms with E-state index in [1.165, 1.54) is 4.90 Å². The molecule has 0 radical (unpaired) electrons. The van der Waals surface area contributed by atoms with Gasteiger partial charge in [-0.3, -0.25) is 4.79 Å². The second-order valence-electron chi connectivity index (χ2n) is 6.94. The van der Waals surface area contributed by atoms with Crippen LogP contribution in [0, 0.1) is 0 Å². The van der Waals surface area contributed by atoms with Gasteiger partial charge >= 0.3 is 5.97 Å². The third kappa shape index (κ3) is 5.14. The van der Waals surface area contributed by atoms with Gasteiger partial charge in [0.15, 0.2) is 16.4 Å². The van der Waals surface area contributed by atoms with Crippen LogP contribution in [-0.2, 0) is 19.4 Å². The Bertz CT molecular complexity index is 983. The molecule has 2 aromatic rings. The first kappa shape index (κ1) is 20.9. The summed E-state index contributed by atoms with van der Waals surface area (Å²) < 4.78 is 28.4. The standard InChI is InChI=1S/C21H23NO6S/c1-2-22(18-11-12-29(26,27)14-18)20(24)13-28-21(25)17-5-3-15(4-6-17)16-7-9-19(23)10-8-16/h3-10,18,23H,2,11-14H2,1H3/t18-/m0/s1. The molecule has 1 N–H and O–H groups in total. The van der Waals surface area contributed by atoms with Gasteiger partial charge in [-0.15, -0.1) is 0 Å². The van der Waals surface area contributed by atoms with Crippen molar-refractivity contribution in [2.24, 2.45) is 0 Å². The lowest BCUT2D eigenvalue weighted by molar-refractivity contribution is -0.136. The molecule has 1 fully saturated rings. The summed E-state index contributed by atoms with van der Waals surface area (Å²) >= 11 is 0. The molecular formula is C21H23NO6S. The van der Waals surface area contributed by atoms with Crippen molar-refractivity contribution >= 4 is 21.7 Å². The molecule has 0 unspecified atom stereocenters. The van der Waals surface area contributed by atoms with E-state index in [4.69, 9.17) is 4.74 Å². The Morgan fingerprint density at radius 2 is 1.66 bits per heavy atom. The van der Waals surface area contributed by atoms with Crippen molar-refractivity contribution in [2.75, 3.05) is 24.7 Å². The number of carbonyl (C=O) groups excluding carboxylic acids is 2. The molecule has 0 aromatic heterocycles. The molecule has 2 aromatic carbocycles. The first-order valence-electron chi connectivity index (χ1n) is 9.35. The number of rotatable bonds is 6. The maximum Gasteiger partial charge on any atom is 0.338 e. The number of carbonyl (C=O) groups is 2. The number of phenols is 1. The third-order valence-electron chi connectivity index (χ3n) is 4.96. The summed E-state index contributed by atoms with van der Waals surface area (Å²) in [6.07, 6.45) is 0.411. The second-order valence-corrected chi connectivity index (χ2v) is 9.17. The zero-order valence-corrected chi connectivity index (χ0v) is 16.9. The number of amides is 1. The molecule has 3 rings (SSSR count). The Labute approximate surface area is 169 Å². The summed E-state index contributed by atoms with van der Waals surface area (Å²) in [5, 5.41) is 9.35. The number of phenolic OH excluding ortho intramolecular Hbond substituents is 1. The van der Waals surface area contributed by atoms with E-state index in [1.807, 2.05) is 0 Å². The van der Waals surface area contributed by atoms with E-state index in [0.29, 0.717) is 18.5 Å². The van der Waals surface area contributed by atoms with Crippen molar-refractivity contribution in [3.63, 3.8) is 0 Å². The monoisotopic (exact) mass is 417 g/mol. The van der Waals surface area contributed by atoms with Crippen LogP contribution >= 0.6 is 0 Å². The van der Waals surface area contributed by atoms with Crippen molar-refractivity contribution in [2.45, 2.75) is 19.4 Å². The number of esters is 1. The van der Waals surface area contributed by atoms with Crippen LogP contribution in [0.15, 0.2) is 48.5 Å². The largest absolute Gasteiger partial charge is 0.508 e. The first-order valence-corrected chi connectivity index (χ1v) is 11.2. The van der Waals surface area contributed by atoms with Gasteiger partial charge in [-0.25, -0.2) is 13.2 Å². The van der Waals surface area contributed by atoms with Gasteiger partial charge in [0.2, 0.25) is 0 Å². The predicted octanol–water partition coefficient (Wildman–Crippen LogP) is 2.25. The zero-order valence-electron chi connectivity index (χ0n) is 16.1. The predicted molar refractivity (Wildman–Crippen MR) is 108 cm³/mol. The smallest absolute Gasteiger partial charge is 0.338 e. The lowest BCUT2D eigenvalue weighted by Crippen LogP contribution is -2.43. The highest BCUT2D eigenvalue weighted by atomic mass is 32.2. The molecule has 1 atom stereocenters. The van der Waals surface area contributed by atoms with Crippen LogP contribution in [0.1, 0.15) is 23.7 Å². The summed E-state index contributed by atoms with van der Waals surface area (Å²) in [7, 11) is -3.10. The van der Waals surface area contributed by atoms with E-state index in [-0.39, 0.29) is 23.3 Å². The highest BCUT2D eigenvalue weighted by Crippen LogP contribution is 2.22. The van der Waals surface area contributed by atoms with Crippen molar-refractivity contribution in [3.05, 3.63) is 54.1 Å². The number of nitrogens with zero attached hydrogens (tertiary/aromatic N) is 1. The Balaban J connectivity index is 1.58. The van der Waals surface area contributed by atoms with E-state index < -0.39 is 28.3 Å². The van der Waals surface area contributed by atoms with Crippen molar-refractivity contribution < 1.29 is 27.9 Å². The highest BCUT2D eigenvalue weighted by molar-refractivity contribution is 7.91. The summed E-state index contributed by atoms with van der Waals surface area (Å²) in [5.74, 6) is -0.808. The summed E-state index contributed by atoms with van der Waals surface area (Å²) in [4.78, 5) is 26.1. The lowest BCUT2D eigenvalue weighted by atomic mass is 10.0. The van der Waals surface area contributed by atoms with Crippen LogP contribution in [0.3, 0.4) is 0 Å². The molecule has 0 spiro atoms. The van der Waals surface area contributed by atoms with Gasteiger partial charge in [0.05, 0.1) is 17.1 Å². The fourth-order valence-corrected chi connectivity index (χ4v) is 5.14. The van der Waals surface area contributed by atoms with Crippen LogP contribution in [0.5, 0.6) is 5.75 Å². The summed E-state index contributed by atoms with van der Waals surface area (Å²) in [5.41, 5.74) is 2.08. The summed E-state index contributed by atoms with van der Waals surface area (Å²) in [6, 6.07) is 13.1. The number of aromatic hydroxyl groups is 1. The van der Waals surface area contributed by atoms with Crippen LogP contribution in [0.25, 0.3) is 11.1 Å². The quantitative estimate of drug-likeness (QED) is 0.724.